The molecule has 1 unspecified atom stereocenters. The lowest BCUT2D eigenvalue weighted by molar-refractivity contribution is 0.113. The van der Waals surface area contributed by atoms with Gasteiger partial charge in [-0.1, -0.05) is 56.7 Å². The van der Waals surface area contributed by atoms with Gasteiger partial charge in [-0.05, 0) is 66.5 Å². The molecule has 0 heterocycles. The first kappa shape index (κ1) is 26.5. The number of nitrogens with zero attached hydrogens (tertiary/aromatic N) is 2. The van der Waals surface area contributed by atoms with Crippen LogP contribution in [-0.2, 0) is 5.41 Å². The zero-order valence-corrected chi connectivity index (χ0v) is 22.3. The van der Waals surface area contributed by atoms with E-state index < -0.39 is 6.10 Å². The summed E-state index contributed by atoms with van der Waals surface area (Å²) in [5.41, 5.74) is 4.42. The molecule has 3 rings (SSSR count). The van der Waals surface area contributed by atoms with Gasteiger partial charge in [0.1, 0.15) is 24.2 Å². The molecule has 5 nitrogen and oxygen atoms in total. The zero-order valence-electron chi connectivity index (χ0n) is 21.5. The summed E-state index contributed by atoms with van der Waals surface area (Å²) in [4.78, 5) is 3.81. The number of aliphatic hydroxyl groups excluding tert-OH is 1. The lowest BCUT2D eigenvalue weighted by atomic mass is 9.87. The summed E-state index contributed by atoms with van der Waals surface area (Å²) in [7, 11) is 3.82. The van der Waals surface area contributed by atoms with Crippen LogP contribution >= 0.6 is 12.2 Å². The summed E-state index contributed by atoms with van der Waals surface area (Å²) in [5.74, 6) is 1.35. The minimum absolute atomic E-state index is 0.0833. The van der Waals surface area contributed by atoms with Crippen LogP contribution in [0.15, 0.2) is 72.8 Å². The second-order valence-electron chi connectivity index (χ2n) is 9.88. The quantitative estimate of drug-likeness (QED) is 0.391. The Labute approximate surface area is 214 Å². The van der Waals surface area contributed by atoms with Crippen molar-refractivity contribution in [3.05, 3.63) is 83.9 Å². The lowest BCUT2D eigenvalue weighted by Gasteiger charge is -2.24. The fourth-order valence-electron chi connectivity index (χ4n) is 3.55. The average molecular weight is 493 g/mol. The molecule has 0 radical (unpaired) electrons. The van der Waals surface area contributed by atoms with Gasteiger partial charge in [0, 0.05) is 38.1 Å². The van der Waals surface area contributed by atoms with Crippen LogP contribution in [0, 0.1) is 6.92 Å². The number of aryl methyl sites for hydroxylation is 1. The molecular formula is C29H36N2O3S. The molecule has 3 aromatic carbocycles. The molecule has 0 amide bonds. The maximum atomic E-state index is 10.5. The Kier molecular flexibility index (Phi) is 8.76. The average Bonchev–Trinajstić information content (AvgIpc) is 2.82. The highest BCUT2D eigenvalue weighted by Crippen LogP contribution is 2.26. The van der Waals surface area contributed by atoms with Crippen molar-refractivity contribution >= 4 is 28.8 Å². The van der Waals surface area contributed by atoms with Crippen LogP contribution in [0.3, 0.4) is 0 Å². The summed E-state index contributed by atoms with van der Waals surface area (Å²) in [6.07, 6.45) is -0.636. The molecule has 0 bridgehead atoms. The predicted molar refractivity (Wildman–Crippen MR) is 149 cm³/mol. The highest BCUT2D eigenvalue weighted by atomic mass is 32.1. The smallest absolute Gasteiger partial charge is 0.269 e. The van der Waals surface area contributed by atoms with Crippen LogP contribution in [0.1, 0.15) is 31.9 Å². The standard InChI is InChI=1S/C29H36N2O3S/c1-21-10-14-23(15-11-21)30(5)19-25(32)20-33-27-9-7-8-24(18-27)31(6)28(35)34-26-16-12-22(13-17-26)29(2,3)4/h7-18,25,32H,19-20H2,1-6H3. The van der Waals surface area contributed by atoms with Crippen molar-refractivity contribution in [2.75, 3.05) is 37.0 Å². The summed E-state index contributed by atoms with van der Waals surface area (Å²) in [6, 6.07) is 23.8. The maximum absolute atomic E-state index is 10.5. The number of anilines is 2. The largest absolute Gasteiger partial charge is 0.491 e. The van der Waals surface area contributed by atoms with Crippen LogP contribution in [0.4, 0.5) is 11.4 Å². The van der Waals surface area contributed by atoms with Gasteiger partial charge >= 0.3 is 0 Å². The third kappa shape index (κ3) is 7.70. The van der Waals surface area contributed by atoms with E-state index in [0.717, 1.165) is 11.4 Å². The van der Waals surface area contributed by atoms with Gasteiger partial charge in [0.15, 0.2) is 0 Å². The zero-order chi connectivity index (χ0) is 25.6. The Bertz CT molecular complexity index is 1110. The Morgan fingerprint density at radius 3 is 2.20 bits per heavy atom. The number of hydrogen-bond donors (Lipinski definition) is 1. The van der Waals surface area contributed by atoms with Gasteiger partial charge in [0.25, 0.3) is 5.17 Å². The molecule has 0 aliphatic heterocycles. The number of aliphatic hydroxyl groups is 1. The van der Waals surface area contributed by atoms with Crippen LogP contribution in [0.25, 0.3) is 0 Å². The molecule has 0 spiro atoms. The van der Waals surface area contributed by atoms with Gasteiger partial charge in [-0.2, -0.15) is 0 Å². The molecule has 186 valence electrons. The van der Waals surface area contributed by atoms with E-state index in [1.54, 1.807) is 4.90 Å². The lowest BCUT2D eigenvalue weighted by Crippen LogP contribution is -2.33. The van der Waals surface area contributed by atoms with Crippen molar-refractivity contribution < 1.29 is 14.6 Å². The normalized spacial score (nSPS) is 12.1. The molecule has 0 fully saturated rings. The molecule has 0 aliphatic rings. The summed E-state index contributed by atoms with van der Waals surface area (Å²) < 4.78 is 11.8. The number of ether oxygens (including phenoxy) is 2. The molecule has 6 heteroatoms. The van der Waals surface area contributed by atoms with Gasteiger partial charge in [-0.3, -0.25) is 0 Å². The van der Waals surface area contributed by atoms with E-state index in [0.29, 0.717) is 23.2 Å². The molecule has 0 saturated heterocycles. The molecule has 1 atom stereocenters. The van der Waals surface area contributed by atoms with E-state index in [1.165, 1.54) is 11.1 Å². The second-order valence-corrected chi connectivity index (χ2v) is 10.2. The van der Waals surface area contributed by atoms with Crippen LogP contribution in [0.5, 0.6) is 11.5 Å². The fourth-order valence-corrected chi connectivity index (χ4v) is 3.75. The Morgan fingerprint density at radius 2 is 1.57 bits per heavy atom. The van der Waals surface area contributed by atoms with E-state index in [9.17, 15) is 5.11 Å². The first-order valence-corrected chi connectivity index (χ1v) is 12.2. The van der Waals surface area contributed by atoms with Crippen molar-refractivity contribution in [1.29, 1.82) is 0 Å². The highest BCUT2D eigenvalue weighted by Gasteiger charge is 2.15. The highest BCUT2D eigenvalue weighted by molar-refractivity contribution is 7.80. The summed E-state index contributed by atoms with van der Waals surface area (Å²) >= 11 is 5.52. The predicted octanol–water partition coefficient (Wildman–Crippen LogP) is 5.97. The molecule has 3 aromatic rings. The molecule has 35 heavy (non-hydrogen) atoms. The van der Waals surface area contributed by atoms with Crippen LogP contribution in [-0.4, -0.2) is 43.6 Å². The van der Waals surface area contributed by atoms with E-state index >= 15 is 0 Å². The summed E-state index contributed by atoms with van der Waals surface area (Å²) in [6.45, 7) is 9.24. The third-order valence-corrected chi connectivity index (χ3v) is 6.16. The molecule has 1 N–H and O–H groups in total. The number of hydrogen-bond acceptors (Lipinski definition) is 5. The SMILES string of the molecule is Cc1ccc(N(C)CC(O)COc2cccc(N(C)C(=S)Oc3ccc(C(C)(C)C)cc3)c2)cc1. The fraction of sp³-hybridized carbons (Fsp3) is 0.345. The van der Waals surface area contributed by atoms with Crippen molar-refractivity contribution in [1.82, 2.24) is 0 Å². The second kappa shape index (κ2) is 11.6. The van der Waals surface area contributed by atoms with Gasteiger partial charge in [-0.25, -0.2) is 0 Å². The number of likely N-dealkylation sites (N-methyl/N-ethyl adjacent to an activating group) is 1. The summed E-state index contributed by atoms with van der Waals surface area (Å²) in [5, 5.41) is 10.8. The minimum Gasteiger partial charge on any atom is -0.491 e. The van der Waals surface area contributed by atoms with Gasteiger partial charge in [0.05, 0.1) is 0 Å². The van der Waals surface area contributed by atoms with Crippen LogP contribution < -0.4 is 19.3 Å². The Hall–Kier alpha value is -3.09. The third-order valence-electron chi connectivity index (χ3n) is 5.81. The Balaban J connectivity index is 1.54. The van der Waals surface area contributed by atoms with E-state index in [2.05, 4.69) is 52.0 Å². The monoisotopic (exact) mass is 492 g/mol. The van der Waals surface area contributed by atoms with Gasteiger partial charge < -0.3 is 24.4 Å². The van der Waals surface area contributed by atoms with E-state index in [-0.39, 0.29) is 12.0 Å². The van der Waals surface area contributed by atoms with Crippen molar-refractivity contribution in [2.24, 2.45) is 0 Å². The number of benzene rings is 3. The minimum atomic E-state index is -0.636. The van der Waals surface area contributed by atoms with Crippen molar-refractivity contribution in [2.45, 2.75) is 39.2 Å². The van der Waals surface area contributed by atoms with Gasteiger partial charge in [0.2, 0.25) is 0 Å². The van der Waals surface area contributed by atoms with E-state index in [1.807, 2.05) is 67.5 Å². The number of thiocarbonyl (C=S) groups is 1. The Morgan fingerprint density at radius 1 is 0.914 bits per heavy atom. The molecule has 0 aliphatic carbocycles. The van der Waals surface area contributed by atoms with Crippen molar-refractivity contribution in [3.8, 4) is 11.5 Å². The van der Waals surface area contributed by atoms with Crippen LogP contribution in [0.2, 0.25) is 0 Å². The first-order valence-electron chi connectivity index (χ1n) is 11.8. The maximum Gasteiger partial charge on any atom is 0.269 e. The first-order chi connectivity index (χ1) is 16.5. The topological polar surface area (TPSA) is 45.2 Å². The van der Waals surface area contributed by atoms with Crippen molar-refractivity contribution in [3.63, 3.8) is 0 Å². The van der Waals surface area contributed by atoms with Gasteiger partial charge in [-0.15, -0.1) is 0 Å². The molecular weight excluding hydrogens is 456 g/mol. The van der Waals surface area contributed by atoms with E-state index in [4.69, 9.17) is 21.7 Å². The molecule has 0 aromatic heterocycles. The molecule has 0 saturated carbocycles. The number of rotatable bonds is 8.